The van der Waals surface area contributed by atoms with Crippen LogP contribution < -0.4 is 10.5 Å². The van der Waals surface area contributed by atoms with Crippen LogP contribution in [0.15, 0.2) is 24.3 Å². The molecule has 0 spiro atoms. The molecule has 0 saturated carbocycles. The van der Waals surface area contributed by atoms with E-state index >= 15 is 0 Å². The largest absolute Gasteiger partial charge is 0.484 e. The molecule has 2 N–H and O–H groups in total. The van der Waals surface area contributed by atoms with Crippen molar-refractivity contribution in [1.82, 2.24) is 4.90 Å². The third-order valence-corrected chi connectivity index (χ3v) is 3.16. The van der Waals surface area contributed by atoms with Crippen LogP contribution >= 0.6 is 0 Å². The minimum absolute atomic E-state index is 0.238. The van der Waals surface area contributed by atoms with Crippen molar-refractivity contribution in [2.24, 2.45) is 5.73 Å². The van der Waals surface area contributed by atoms with Gasteiger partial charge in [-0.05, 0) is 24.3 Å². The molecular weight excluding hydrogens is 304 g/mol. The van der Waals surface area contributed by atoms with Crippen molar-refractivity contribution in [3.05, 3.63) is 29.8 Å². The Bertz CT molecular complexity index is 566. The van der Waals surface area contributed by atoms with Crippen LogP contribution in [0.2, 0.25) is 0 Å². The number of nitrogens with two attached hydrogens (primary N) is 1. The number of rotatable bonds is 6. The van der Waals surface area contributed by atoms with Crippen LogP contribution in [-0.2, 0) is 19.1 Å². The summed E-state index contributed by atoms with van der Waals surface area (Å²) in [6, 6.07) is 6.00. The molecule has 8 nitrogen and oxygen atoms in total. The van der Waals surface area contributed by atoms with E-state index in [2.05, 4.69) is 0 Å². The van der Waals surface area contributed by atoms with E-state index in [1.807, 2.05) is 0 Å². The zero-order chi connectivity index (χ0) is 16.7. The molecule has 1 heterocycles. The summed E-state index contributed by atoms with van der Waals surface area (Å²) in [6.45, 7) is 1.44. The Labute approximate surface area is 133 Å². The topological polar surface area (TPSA) is 108 Å². The van der Waals surface area contributed by atoms with Crippen molar-refractivity contribution in [2.45, 2.75) is 0 Å². The minimum Gasteiger partial charge on any atom is -0.484 e. The summed E-state index contributed by atoms with van der Waals surface area (Å²) in [7, 11) is 0. The second-order valence-corrected chi connectivity index (χ2v) is 4.85. The summed E-state index contributed by atoms with van der Waals surface area (Å²) in [4.78, 5) is 35.9. The predicted molar refractivity (Wildman–Crippen MR) is 78.8 cm³/mol. The van der Waals surface area contributed by atoms with Gasteiger partial charge in [0.25, 0.3) is 11.8 Å². The minimum atomic E-state index is -0.604. The third-order valence-electron chi connectivity index (χ3n) is 3.16. The zero-order valence-electron chi connectivity index (χ0n) is 12.5. The Morgan fingerprint density at radius 3 is 2.35 bits per heavy atom. The maximum Gasteiger partial charge on any atom is 0.338 e. The molecule has 0 atom stereocenters. The molecule has 1 saturated heterocycles. The number of hydrogen-bond acceptors (Lipinski definition) is 6. The second-order valence-electron chi connectivity index (χ2n) is 4.85. The van der Waals surface area contributed by atoms with Gasteiger partial charge in [0.05, 0.1) is 18.8 Å². The van der Waals surface area contributed by atoms with Gasteiger partial charge >= 0.3 is 5.97 Å². The van der Waals surface area contributed by atoms with Crippen LogP contribution in [0.4, 0.5) is 0 Å². The summed E-state index contributed by atoms with van der Waals surface area (Å²) in [5.74, 6) is -1.03. The average molecular weight is 322 g/mol. The molecule has 2 amide bonds. The van der Waals surface area contributed by atoms with Crippen LogP contribution in [0, 0.1) is 0 Å². The number of carbonyl (C=O) groups is 3. The van der Waals surface area contributed by atoms with Crippen LogP contribution in [0.25, 0.3) is 0 Å². The van der Waals surface area contributed by atoms with E-state index in [9.17, 15) is 14.4 Å². The number of ether oxygens (including phenoxy) is 3. The van der Waals surface area contributed by atoms with Crippen molar-refractivity contribution in [1.29, 1.82) is 0 Å². The molecule has 1 fully saturated rings. The Balaban J connectivity index is 1.80. The molecule has 0 unspecified atom stereocenters. The van der Waals surface area contributed by atoms with Gasteiger partial charge in [0.1, 0.15) is 5.75 Å². The maximum absolute atomic E-state index is 11.9. The van der Waals surface area contributed by atoms with Gasteiger partial charge in [-0.25, -0.2) is 4.79 Å². The molecule has 0 bridgehead atoms. The smallest absolute Gasteiger partial charge is 0.338 e. The van der Waals surface area contributed by atoms with Crippen molar-refractivity contribution in [3.8, 4) is 5.75 Å². The van der Waals surface area contributed by atoms with Gasteiger partial charge in [-0.1, -0.05) is 0 Å². The highest BCUT2D eigenvalue weighted by Crippen LogP contribution is 2.13. The zero-order valence-corrected chi connectivity index (χ0v) is 12.5. The third kappa shape index (κ3) is 5.26. The summed E-state index contributed by atoms with van der Waals surface area (Å²) in [5, 5.41) is 0. The van der Waals surface area contributed by atoms with E-state index < -0.39 is 11.9 Å². The fraction of sp³-hybridized carbons (Fsp3) is 0.400. The first-order valence-corrected chi connectivity index (χ1v) is 7.10. The number of amides is 2. The van der Waals surface area contributed by atoms with E-state index in [0.29, 0.717) is 32.1 Å². The number of primary amides is 1. The molecular formula is C15H18N2O6. The lowest BCUT2D eigenvalue weighted by Gasteiger charge is -2.26. The van der Waals surface area contributed by atoms with Crippen LogP contribution in [0.1, 0.15) is 10.4 Å². The van der Waals surface area contributed by atoms with Crippen LogP contribution in [-0.4, -0.2) is 62.2 Å². The highest BCUT2D eigenvalue weighted by atomic mass is 16.5. The molecule has 0 aromatic heterocycles. The van der Waals surface area contributed by atoms with E-state index in [4.69, 9.17) is 19.9 Å². The normalized spacial score (nSPS) is 14.2. The molecule has 0 aliphatic carbocycles. The summed E-state index contributed by atoms with van der Waals surface area (Å²) >= 11 is 0. The molecule has 2 rings (SSSR count). The Hall–Kier alpha value is -2.61. The van der Waals surface area contributed by atoms with Crippen molar-refractivity contribution >= 4 is 17.8 Å². The molecule has 23 heavy (non-hydrogen) atoms. The lowest BCUT2D eigenvalue weighted by molar-refractivity contribution is -0.138. The first-order valence-electron chi connectivity index (χ1n) is 7.10. The molecule has 124 valence electrons. The van der Waals surface area contributed by atoms with E-state index in [-0.39, 0.29) is 24.7 Å². The number of esters is 1. The molecule has 8 heteroatoms. The highest BCUT2D eigenvalue weighted by molar-refractivity contribution is 5.91. The maximum atomic E-state index is 11.9. The number of benzene rings is 1. The summed E-state index contributed by atoms with van der Waals surface area (Å²) in [6.07, 6.45) is 0. The number of nitrogens with zero attached hydrogens (tertiary/aromatic N) is 1. The van der Waals surface area contributed by atoms with Gasteiger partial charge in [-0.15, -0.1) is 0 Å². The van der Waals surface area contributed by atoms with E-state index in [1.165, 1.54) is 24.3 Å². The van der Waals surface area contributed by atoms with Crippen LogP contribution in [0.3, 0.4) is 0 Å². The van der Waals surface area contributed by atoms with Crippen molar-refractivity contribution < 1.29 is 28.6 Å². The van der Waals surface area contributed by atoms with Gasteiger partial charge in [0, 0.05) is 13.1 Å². The molecule has 1 aliphatic heterocycles. The molecule has 1 aromatic rings. The fourth-order valence-corrected chi connectivity index (χ4v) is 1.96. The Morgan fingerprint density at radius 1 is 1.09 bits per heavy atom. The summed E-state index contributed by atoms with van der Waals surface area (Å²) in [5.41, 5.74) is 5.25. The molecule has 1 aliphatic rings. The van der Waals surface area contributed by atoms with Gasteiger partial charge in [-0.3, -0.25) is 9.59 Å². The van der Waals surface area contributed by atoms with Gasteiger partial charge < -0.3 is 24.8 Å². The predicted octanol–water partition coefficient (Wildman–Crippen LogP) is -0.434. The van der Waals surface area contributed by atoms with Crippen molar-refractivity contribution in [3.63, 3.8) is 0 Å². The first-order chi connectivity index (χ1) is 11.1. The average Bonchev–Trinajstić information content (AvgIpc) is 2.58. The Morgan fingerprint density at radius 2 is 1.74 bits per heavy atom. The van der Waals surface area contributed by atoms with Crippen molar-refractivity contribution in [2.75, 3.05) is 39.5 Å². The van der Waals surface area contributed by atoms with Gasteiger partial charge in [0.15, 0.2) is 13.2 Å². The van der Waals surface area contributed by atoms with Gasteiger partial charge in [0.2, 0.25) is 0 Å². The SMILES string of the molecule is NC(=O)COc1ccc(C(=O)OCC(=O)N2CCOCC2)cc1. The Kier molecular flexibility index (Phi) is 5.93. The highest BCUT2D eigenvalue weighted by Gasteiger charge is 2.18. The van der Waals surface area contributed by atoms with Gasteiger partial charge in [-0.2, -0.15) is 0 Å². The number of carbonyl (C=O) groups excluding carboxylic acids is 3. The standard InChI is InChI=1S/C15H18N2O6/c16-13(18)9-22-12-3-1-11(2-4-12)15(20)23-10-14(19)17-5-7-21-8-6-17/h1-4H,5-10H2,(H2,16,18). The number of morpholine rings is 1. The first kappa shape index (κ1) is 16.8. The lowest BCUT2D eigenvalue weighted by Crippen LogP contribution is -2.42. The quantitative estimate of drug-likeness (QED) is 0.712. The van der Waals surface area contributed by atoms with E-state index in [1.54, 1.807) is 4.90 Å². The molecule has 0 radical (unpaired) electrons. The lowest BCUT2D eigenvalue weighted by atomic mass is 10.2. The second kappa shape index (κ2) is 8.14. The van der Waals surface area contributed by atoms with Crippen LogP contribution in [0.5, 0.6) is 5.75 Å². The molecule has 1 aromatic carbocycles. The fourth-order valence-electron chi connectivity index (χ4n) is 1.96. The van der Waals surface area contributed by atoms with E-state index in [0.717, 1.165) is 0 Å². The number of hydrogen-bond donors (Lipinski definition) is 1. The monoisotopic (exact) mass is 322 g/mol. The summed E-state index contributed by atoms with van der Waals surface area (Å²) < 4.78 is 15.2.